The van der Waals surface area contributed by atoms with E-state index in [1.54, 1.807) is 54.6 Å². The van der Waals surface area contributed by atoms with E-state index in [1.807, 2.05) is 25.1 Å². The number of benzene rings is 3. The summed E-state index contributed by atoms with van der Waals surface area (Å²) >= 11 is 12.0. The summed E-state index contributed by atoms with van der Waals surface area (Å²) in [7, 11) is 0. The van der Waals surface area contributed by atoms with Crippen LogP contribution in [0.4, 0.5) is 5.69 Å². The number of halogens is 2. The van der Waals surface area contributed by atoms with E-state index in [0.29, 0.717) is 22.6 Å². The van der Waals surface area contributed by atoms with Gasteiger partial charge in [-0.25, -0.2) is 4.79 Å². The van der Waals surface area contributed by atoms with Gasteiger partial charge in [-0.05, 0) is 55.0 Å². The summed E-state index contributed by atoms with van der Waals surface area (Å²) < 4.78 is 5.35. The number of aryl methyl sites for hydroxylation is 1. The van der Waals surface area contributed by atoms with E-state index in [2.05, 4.69) is 5.32 Å². The van der Waals surface area contributed by atoms with Crippen LogP contribution in [0.5, 0.6) is 5.75 Å². The van der Waals surface area contributed by atoms with Crippen molar-refractivity contribution >= 4 is 46.8 Å². The lowest BCUT2D eigenvalue weighted by Crippen LogP contribution is -2.13. The molecule has 3 aromatic rings. The van der Waals surface area contributed by atoms with Gasteiger partial charge in [-0.15, -0.1) is 0 Å². The number of ether oxygens (including phenoxy) is 1. The van der Waals surface area contributed by atoms with Crippen LogP contribution in [0.25, 0.3) is 6.08 Å². The van der Waals surface area contributed by atoms with Gasteiger partial charge in [0.1, 0.15) is 17.4 Å². The fraction of sp³-hybridized carbons (Fsp3) is 0.0417. The van der Waals surface area contributed by atoms with E-state index in [1.165, 1.54) is 6.08 Å². The fourth-order valence-electron chi connectivity index (χ4n) is 2.59. The van der Waals surface area contributed by atoms with E-state index < -0.39 is 11.9 Å². The smallest absolute Gasteiger partial charge is 0.343 e. The zero-order valence-corrected chi connectivity index (χ0v) is 17.9. The molecule has 0 unspecified atom stereocenters. The second-order valence-corrected chi connectivity index (χ2v) is 7.34. The van der Waals surface area contributed by atoms with Gasteiger partial charge in [0.25, 0.3) is 5.91 Å². The van der Waals surface area contributed by atoms with E-state index in [4.69, 9.17) is 27.9 Å². The van der Waals surface area contributed by atoms with Crippen LogP contribution in [0.2, 0.25) is 10.0 Å². The van der Waals surface area contributed by atoms with Gasteiger partial charge >= 0.3 is 5.97 Å². The zero-order chi connectivity index (χ0) is 22.4. The Labute approximate surface area is 189 Å². The number of rotatable bonds is 5. The lowest BCUT2D eigenvalue weighted by molar-refractivity contribution is -0.112. The summed E-state index contributed by atoms with van der Waals surface area (Å²) in [6.45, 7) is 1.93. The van der Waals surface area contributed by atoms with Crippen LogP contribution in [-0.4, -0.2) is 11.9 Å². The Hall–Kier alpha value is -3.59. The van der Waals surface area contributed by atoms with Crippen molar-refractivity contribution in [3.8, 4) is 11.8 Å². The standard InChI is InChI=1S/C24H16Cl2N2O3/c1-15-5-9-17(10-6-15)24(30)31-19-11-7-16(8-12-19)13-18(14-27)23(29)28-21-4-2-3-20(25)22(21)26/h2-13H,1H3,(H,28,29)/b18-13+. The quantitative estimate of drug-likeness (QED) is 0.221. The highest BCUT2D eigenvalue weighted by Crippen LogP contribution is 2.29. The second kappa shape index (κ2) is 9.94. The molecule has 0 saturated carbocycles. The molecular formula is C24H16Cl2N2O3. The van der Waals surface area contributed by atoms with Crippen LogP contribution in [0.1, 0.15) is 21.5 Å². The van der Waals surface area contributed by atoms with Crippen molar-refractivity contribution in [2.75, 3.05) is 5.32 Å². The van der Waals surface area contributed by atoms with Gasteiger partial charge in [-0.3, -0.25) is 4.79 Å². The van der Waals surface area contributed by atoms with Crippen molar-refractivity contribution in [3.63, 3.8) is 0 Å². The number of anilines is 1. The molecule has 0 atom stereocenters. The number of nitrogens with one attached hydrogen (secondary N) is 1. The Kier molecular flexibility index (Phi) is 7.09. The minimum Gasteiger partial charge on any atom is -0.423 e. The van der Waals surface area contributed by atoms with Crippen molar-refractivity contribution in [2.45, 2.75) is 6.92 Å². The molecule has 3 rings (SSSR count). The van der Waals surface area contributed by atoms with Crippen LogP contribution in [-0.2, 0) is 4.79 Å². The molecule has 0 heterocycles. The van der Waals surface area contributed by atoms with Crippen molar-refractivity contribution < 1.29 is 14.3 Å². The number of esters is 1. The molecule has 0 aliphatic carbocycles. The predicted molar refractivity (Wildman–Crippen MR) is 121 cm³/mol. The zero-order valence-electron chi connectivity index (χ0n) is 16.4. The molecule has 31 heavy (non-hydrogen) atoms. The van der Waals surface area contributed by atoms with Crippen molar-refractivity contribution in [2.24, 2.45) is 0 Å². The third-order valence-electron chi connectivity index (χ3n) is 4.25. The molecule has 7 heteroatoms. The van der Waals surface area contributed by atoms with E-state index in [0.717, 1.165) is 5.56 Å². The van der Waals surface area contributed by atoms with E-state index in [-0.39, 0.29) is 15.6 Å². The summed E-state index contributed by atoms with van der Waals surface area (Å²) in [5.41, 5.74) is 2.25. The maximum atomic E-state index is 12.4. The number of amides is 1. The Balaban J connectivity index is 1.70. The van der Waals surface area contributed by atoms with E-state index in [9.17, 15) is 14.9 Å². The first kappa shape index (κ1) is 22.1. The van der Waals surface area contributed by atoms with Gasteiger partial charge in [0.05, 0.1) is 21.3 Å². The largest absolute Gasteiger partial charge is 0.423 e. The molecule has 0 radical (unpaired) electrons. The van der Waals surface area contributed by atoms with Gasteiger partial charge in [0.2, 0.25) is 0 Å². The average Bonchev–Trinajstić information content (AvgIpc) is 2.76. The van der Waals surface area contributed by atoms with Gasteiger partial charge in [-0.2, -0.15) is 5.26 Å². The Morgan fingerprint density at radius 1 is 1.00 bits per heavy atom. The summed E-state index contributed by atoms with van der Waals surface area (Å²) in [6.07, 6.45) is 1.42. The highest BCUT2D eigenvalue weighted by atomic mass is 35.5. The lowest BCUT2D eigenvalue weighted by Gasteiger charge is -2.08. The van der Waals surface area contributed by atoms with Gasteiger partial charge in [0, 0.05) is 0 Å². The number of hydrogen-bond donors (Lipinski definition) is 1. The molecule has 3 aromatic carbocycles. The molecule has 5 nitrogen and oxygen atoms in total. The summed E-state index contributed by atoms with van der Waals surface area (Å²) in [5.74, 6) is -0.753. The Morgan fingerprint density at radius 3 is 2.32 bits per heavy atom. The number of nitrogens with zero attached hydrogens (tertiary/aromatic N) is 1. The third-order valence-corrected chi connectivity index (χ3v) is 5.07. The molecule has 154 valence electrons. The minimum atomic E-state index is -0.624. The molecule has 0 bridgehead atoms. The molecule has 0 fully saturated rings. The number of hydrogen-bond acceptors (Lipinski definition) is 4. The molecular weight excluding hydrogens is 435 g/mol. The van der Waals surface area contributed by atoms with Crippen molar-refractivity contribution in [1.29, 1.82) is 5.26 Å². The molecule has 1 amide bonds. The highest BCUT2D eigenvalue weighted by molar-refractivity contribution is 6.44. The topological polar surface area (TPSA) is 79.2 Å². The predicted octanol–water partition coefficient (Wildman–Crippen LogP) is 6.07. The summed E-state index contributed by atoms with van der Waals surface area (Å²) in [6, 6.07) is 20.1. The van der Waals surface area contributed by atoms with E-state index >= 15 is 0 Å². The molecule has 1 N–H and O–H groups in total. The van der Waals surface area contributed by atoms with Crippen molar-refractivity contribution in [3.05, 3.63) is 99.0 Å². The first-order valence-electron chi connectivity index (χ1n) is 9.13. The third kappa shape index (κ3) is 5.73. The lowest BCUT2D eigenvalue weighted by atomic mass is 10.1. The molecule has 0 aliphatic rings. The second-order valence-electron chi connectivity index (χ2n) is 6.55. The number of nitriles is 1. The molecule has 0 aliphatic heterocycles. The van der Waals surface area contributed by atoms with Gasteiger partial charge in [-0.1, -0.05) is 59.1 Å². The fourth-order valence-corrected chi connectivity index (χ4v) is 2.94. The average molecular weight is 451 g/mol. The van der Waals surface area contributed by atoms with Crippen LogP contribution in [0.3, 0.4) is 0 Å². The maximum absolute atomic E-state index is 12.4. The van der Waals surface area contributed by atoms with Crippen LogP contribution >= 0.6 is 23.2 Å². The van der Waals surface area contributed by atoms with Gasteiger partial charge < -0.3 is 10.1 Å². The first-order chi connectivity index (χ1) is 14.9. The molecule has 0 aromatic heterocycles. The Bertz CT molecular complexity index is 1190. The van der Waals surface area contributed by atoms with Crippen LogP contribution in [0, 0.1) is 18.3 Å². The van der Waals surface area contributed by atoms with Gasteiger partial charge in [0.15, 0.2) is 0 Å². The van der Waals surface area contributed by atoms with Crippen molar-refractivity contribution in [1.82, 2.24) is 0 Å². The molecule has 0 saturated heterocycles. The number of carbonyl (C=O) groups excluding carboxylic acids is 2. The highest BCUT2D eigenvalue weighted by Gasteiger charge is 2.13. The number of carbonyl (C=O) groups is 2. The first-order valence-corrected chi connectivity index (χ1v) is 9.89. The normalized spacial score (nSPS) is 10.8. The summed E-state index contributed by atoms with van der Waals surface area (Å²) in [4.78, 5) is 24.6. The SMILES string of the molecule is Cc1ccc(C(=O)Oc2ccc(/C=C(\C#N)C(=O)Nc3cccc(Cl)c3Cl)cc2)cc1. The minimum absolute atomic E-state index is 0.125. The molecule has 0 spiro atoms. The van der Waals surface area contributed by atoms with Crippen LogP contribution < -0.4 is 10.1 Å². The Morgan fingerprint density at radius 2 is 1.68 bits per heavy atom. The monoisotopic (exact) mass is 450 g/mol. The maximum Gasteiger partial charge on any atom is 0.343 e. The summed E-state index contributed by atoms with van der Waals surface area (Å²) in [5, 5.41) is 12.4. The van der Waals surface area contributed by atoms with Crippen LogP contribution in [0.15, 0.2) is 72.3 Å².